The van der Waals surface area contributed by atoms with E-state index in [1.54, 1.807) is 4.90 Å². The molecule has 1 N–H and O–H groups in total. The van der Waals surface area contributed by atoms with Crippen molar-refractivity contribution in [1.82, 2.24) is 15.0 Å². The SMILES string of the molecule is CCCN(CC(=O)O)Cc1nc(C(C)OCC(C)C)no1. The molecule has 1 unspecified atom stereocenters. The molecule has 120 valence electrons. The van der Waals surface area contributed by atoms with Gasteiger partial charge in [-0.1, -0.05) is 25.9 Å². The molecule has 0 radical (unpaired) electrons. The van der Waals surface area contributed by atoms with Gasteiger partial charge in [0, 0.05) is 6.61 Å². The van der Waals surface area contributed by atoms with Crippen LogP contribution in [0, 0.1) is 5.92 Å². The highest BCUT2D eigenvalue weighted by Gasteiger charge is 2.17. The van der Waals surface area contributed by atoms with Crippen LogP contribution in [0.5, 0.6) is 0 Å². The summed E-state index contributed by atoms with van der Waals surface area (Å²) in [5.41, 5.74) is 0. The van der Waals surface area contributed by atoms with E-state index in [9.17, 15) is 4.79 Å². The fraction of sp³-hybridized carbons (Fsp3) is 0.786. The van der Waals surface area contributed by atoms with Crippen LogP contribution in [-0.4, -0.2) is 45.8 Å². The van der Waals surface area contributed by atoms with Gasteiger partial charge in [0.1, 0.15) is 6.10 Å². The number of hydrogen-bond acceptors (Lipinski definition) is 6. The van der Waals surface area contributed by atoms with Crippen LogP contribution in [0.3, 0.4) is 0 Å². The topological polar surface area (TPSA) is 88.7 Å². The maximum Gasteiger partial charge on any atom is 0.317 e. The monoisotopic (exact) mass is 299 g/mol. The molecule has 0 saturated heterocycles. The van der Waals surface area contributed by atoms with E-state index in [-0.39, 0.29) is 12.6 Å². The van der Waals surface area contributed by atoms with Gasteiger partial charge < -0.3 is 14.4 Å². The molecule has 21 heavy (non-hydrogen) atoms. The van der Waals surface area contributed by atoms with Crippen LogP contribution in [0.25, 0.3) is 0 Å². The van der Waals surface area contributed by atoms with E-state index < -0.39 is 5.97 Å². The molecule has 0 bridgehead atoms. The number of carboxylic acid groups (broad SMARTS) is 1. The molecule has 0 aliphatic carbocycles. The van der Waals surface area contributed by atoms with Gasteiger partial charge >= 0.3 is 5.97 Å². The summed E-state index contributed by atoms with van der Waals surface area (Å²) in [5, 5.41) is 12.8. The second-order valence-corrected chi connectivity index (χ2v) is 5.52. The summed E-state index contributed by atoms with van der Waals surface area (Å²) < 4.78 is 10.8. The maximum absolute atomic E-state index is 10.8. The second kappa shape index (κ2) is 8.74. The standard InChI is InChI=1S/C14H25N3O4/c1-5-6-17(8-13(18)19)7-12-15-14(16-21-12)11(4)20-9-10(2)3/h10-11H,5-9H2,1-4H3,(H,18,19). The molecule has 0 fully saturated rings. The van der Waals surface area contributed by atoms with Gasteiger partial charge in [0.15, 0.2) is 5.82 Å². The highest BCUT2D eigenvalue weighted by Crippen LogP contribution is 2.15. The Bertz CT molecular complexity index is 434. The zero-order valence-electron chi connectivity index (χ0n) is 13.2. The number of ether oxygens (including phenoxy) is 1. The van der Waals surface area contributed by atoms with Crippen molar-refractivity contribution in [1.29, 1.82) is 0 Å². The molecular formula is C14H25N3O4. The molecule has 0 spiro atoms. The molecule has 1 aromatic heterocycles. The van der Waals surface area contributed by atoms with Gasteiger partial charge in [0.05, 0.1) is 13.1 Å². The van der Waals surface area contributed by atoms with Crippen LogP contribution in [0.2, 0.25) is 0 Å². The van der Waals surface area contributed by atoms with Crippen molar-refractivity contribution < 1.29 is 19.2 Å². The summed E-state index contributed by atoms with van der Waals surface area (Å²) in [6.45, 7) is 9.62. The van der Waals surface area contributed by atoms with Crippen molar-refractivity contribution >= 4 is 5.97 Å². The second-order valence-electron chi connectivity index (χ2n) is 5.52. The Morgan fingerprint density at radius 2 is 2.14 bits per heavy atom. The molecular weight excluding hydrogens is 274 g/mol. The lowest BCUT2D eigenvalue weighted by atomic mass is 10.2. The number of aromatic nitrogens is 2. The van der Waals surface area contributed by atoms with Crippen molar-refractivity contribution in [3.05, 3.63) is 11.7 Å². The predicted octanol–water partition coefficient (Wildman–Crippen LogP) is 2.10. The van der Waals surface area contributed by atoms with E-state index in [1.165, 1.54) is 0 Å². The van der Waals surface area contributed by atoms with E-state index in [2.05, 4.69) is 24.0 Å². The Kier molecular flexibility index (Phi) is 7.31. The number of rotatable bonds is 10. The number of carbonyl (C=O) groups is 1. The predicted molar refractivity (Wildman–Crippen MR) is 76.7 cm³/mol. The molecule has 7 heteroatoms. The van der Waals surface area contributed by atoms with Gasteiger partial charge in [-0.05, 0) is 25.8 Å². The van der Waals surface area contributed by atoms with E-state index in [0.29, 0.717) is 37.3 Å². The van der Waals surface area contributed by atoms with Gasteiger partial charge in [0.2, 0.25) is 5.89 Å². The lowest BCUT2D eigenvalue weighted by molar-refractivity contribution is -0.138. The lowest BCUT2D eigenvalue weighted by Crippen LogP contribution is -2.30. The highest BCUT2D eigenvalue weighted by atomic mass is 16.5. The van der Waals surface area contributed by atoms with E-state index in [1.807, 2.05) is 13.8 Å². The fourth-order valence-electron chi connectivity index (χ4n) is 1.82. The number of carboxylic acids is 1. The van der Waals surface area contributed by atoms with Gasteiger partial charge in [-0.3, -0.25) is 9.69 Å². The van der Waals surface area contributed by atoms with Crippen molar-refractivity contribution in [3.8, 4) is 0 Å². The molecule has 1 rings (SSSR count). The van der Waals surface area contributed by atoms with Crippen LogP contribution >= 0.6 is 0 Å². The van der Waals surface area contributed by atoms with Crippen LogP contribution in [-0.2, 0) is 16.1 Å². The zero-order chi connectivity index (χ0) is 15.8. The van der Waals surface area contributed by atoms with Crippen molar-refractivity contribution in [2.45, 2.75) is 46.8 Å². The Morgan fingerprint density at radius 1 is 1.43 bits per heavy atom. The van der Waals surface area contributed by atoms with E-state index in [0.717, 1.165) is 6.42 Å². The molecule has 1 heterocycles. The third-order valence-corrected chi connectivity index (χ3v) is 2.78. The van der Waals surface area contributed by atoms with E-state index >= 15 is 0 Å². The summed E-state index contributed by atoms with van der Waals surface area (Å²) in [7, 11) is 0. The minimum atomic E-state index is -0.864. The minimum Gasteiger partial charge on any atom is -0.480 e. The molecule has 1 atom stereocenters. The van der Waals surface area contributed by atoms with Crippen molar-refractivity contribution in [2.24, 2.45) is 5.92 Å². The normalized spacial score (nSPS) is 13.0. The third-order valence-electron chi connectivity index (χ3n) is 2.78. The average Bonchev–Trinajstić information content (AvgIpc) is 2.84. The number of hydrogen-bond donors (Lipinski definition) is 1. The Labute approximate surface area is 125 Å². The van der Waals surface area contributed by atoms with Crippen molar-refractivity contribution in [3.63, 3.8) is 0 Å². The smallest absolute Gasteiger partial charge is 0.317 e. The first-order chi connectivity index (χ1) is 9.92. The number of nitrogens with zero attached hydrogens (tertiary/aromatic N) is 3. The van der Waals surface area contributed by atoms with Gasteiger partial charge in [-0.15, -0.1) is 0 Å². The summed E-state index contributed by atoms with van der Waals surface area (Å²) >= 11 is 0. The Hall–Kier alpha value is -1.47. The summed E-state index contributed by atoms with van der Waals surface area (Å²) in [6.07, 6.45) is 0.631. The van der Waals surface area contributed by atoms with Crippen molar-refractivity contribution in [2.75, 3.05) is 19.7 Å². The lowest BCUT2D eigenvalue weighted by Gasteiger charge is -2.16. The van der Waals surface area contributed by atoms with Crippen LogP contribution in [0.15, 0.2) is 4.52 Å². The van der Waals surface area contributed by atoms with Crippen LogP contribution < -0.4 is 0 Å². The first-order valence-corrected chi connectivity index (χ1v) is 7.30. The van der Waals surface area contributed by atoms with Gasteiger partial charge in [-0.25, -0.2) is 0 Å². The molecule has 0 aromatic carbocycles. The average molecular weight is 299 g/mol. The first-order valence-electron chi connectivity index (χ1n) is 7.30. The molecule has 0 saturated carbocycles. The molecule has 0 aliphatic rings. The maximum atomic E-state index is 10.8. The summed E-state index contributed by atoms with van der Waals surface area (Å²) in [6, 6.07) is 0. The van der Waals surface area contributed by atoms with E-state index in [4.69, 9.17) is 14.4 Å². The molecule has 0 aliphatic heterocycles. The summed E-state index contributed by atoms with van der Waals surface area (Å²) in [5.74, 6) is 0.489. The van der Waals surface area contributed by atoms with Crippen LogP contribution in [0.4, 0.5) is 0 Å². The van der Waals surface area contributed by atoms with Gasteiger partial charge in [-0.2, -0.15) is 4.98 Å². The Morgan fingerprint density at radius 3 is 2.71 bits per heavy atom. The molecule has 7 nitrogen and oxygen atoms in total. The quantitative estimate of drug-likeness (QED) is 0.707. The molecule has 0 amide bonds. The zero-order valence-corrected chi connectivity index (χ0v) is 13.2. The molecule has 1 aromatic rings. The van der Waals surface area contributed by atoms with Crippen LogP contribution in [0.1, 0.15) is 51.9 Å². The fourth-order valence-corrected chi connectivity index (χ4v) is 1.82. The highest BCUT2D eigenvalue weighted by molar-refractivity contribution is 5.69. The summed E-state index contributed by atoms with van der Waals surface area (Å²) in [4.78, 5) is 16.9. The Balaban J connectivity index is 2.58. The largest absolute Gasteiger partial charge is 0.480 e. The van der Waals surface area contributed by atoms with Gasteiger partial charge in [0.25, 0.3) is 0 Å². The minimum absolute atomic E-state index is 0.0367. The third kappa shape index (κ3) is 6.68. The number of aliphatic carboxylic acids is 1. The first kappa shape index (κ1) is 17.6.